The Morgan fingerprint density at radius 1 is 1.05 bits per heavy atom. The lowest BCUT2D eigenvalue weighted by atomic mass is 9.87. The molecule has 2 heteroatoms. The zero-order chi connectivity index (χ0) is 13.9. The molecule has 0 atom stereocenters. The third-order valence-corrected chi connectivity index (χ3v) is 4.60. The van der Waals surface area contributed by atoms with Gasteiger partial charge in [-0.05, 0) is 48.4 Å². The van der Waals surface area contributed by atoms with E-state index in [1.165, 1.54) is 31.1 Å². The highest BCUT2D eigenvalue weighted by Gasteiger charge is 2.18. The van der Waals surface area contributed by atoms with E-state index < -0.39 is 0 Å². The van der Waals surface area contributed by atoms with Crippen molar-refractivity contribution in [3.05, 3.63) is 42.0 Å². The van der Waals surface area contributed by atoms with Crippen LogP contribution in [0.2, 0.25) is 0 Å². The molecule has 2 nitrogen and oxygen atoms in total. The molecule has 0 heterocycles. The predicted molar refractivity (Wildman–Crippen MR) is 83.9 cm³/mol. The van der Waals surface area contributed by atoms with E-state index in [0.717, 1.165) is 23.4 Å². The van der Waals surface area contributed by atoms with Crippen LogP contribution < -0.4 is 5.32 Å². The van der Waals surface area contributed by atoms with Crippen LogP contribution in [-0.4, -0.2) is 11.1 Å². The number of fused-ring (bicyclic) bond motifs is 1. The summed E-state index contributed by atoms with van der Waals surface area (Å²) in [5.74, 6) is 1.28. The van der Waals surface area contributed by atoms with E-state index in [4.69, 9.17) is 0 Å². The second-order valence-corrected chi connectivity index (χ2v) is 6.12. The minimum atomic E-state index is 0.403. The number of phenolic OH excluding ortho intramolecular Hbond substituents is 1. The van der Waals surface area contributed by atoms with Crippen molar-refractivity contribution in [2.24, 2.45) is 5.92 Å². The molecule has 1 fully saturated rings. The van der Waals surface area contributed by atoms with Crippen molar-refractivity contribution in [1.29, 1.82) is 0 Å². The Morgan fingerprint density at radius 2 is 1.80 bits per heavy atom. The molecule has 0 unspecified atom stereocenters. The van der Waals surface area contributed by atoms with E-state index in [2.05, 4.69) is 24.4 Å². The number of hydrogen-bond donors (Lipinski definition) is 2. The van der Waals surface area contributed by atoms with Gasteiger partial charge in [0, 0.05) is 18.2 Å². The quantitative estimate of drug-likeness (QED) is 0.874. The highest BCUT2D eigenvalue weighted by molar-refractivity contribution is 5.87. The summed E-state index contributed by atoms with van der Waals surface area (Å²) in [6.07, 6.45) is 5.15. The molecule has 0 spiro atoms. The van der Waals surface area contributed by atoms with Gasteiger partial charge in [0.05, 0.1) is 0 Å². The third kappa shape index (κ3) is 2.80. The first kappa shape index (κ1) is 13.4. The van der Waals surface area contributed by atoms with Gasteiger partial charge in [-0.2, -0.15) is 0 Å². The average molecular weight is 269 g/mol. The van der Waals surface area contributed by atoms with Crippen LogP contribution >= 0.6 is 0 Å². The summed E-state index contributed by atoms with van der Waals surface area (Å²) in [5, 5.41) is 16.1. The van der Waals surface area contributed by atoms with Gasteiger partial charge >= 0.3 is 0 Å². The molecule has 2 aromatic rings. The molecule has 106 valence electrons. The molecule has 0 aliphatic heterocycles. The van der Waals surface area contributed by atoms with Crippen LogP contribution in [0.5, 0.6) is 5.75 Å². The summed E-state index contributed by atoms with van der Waals surface area (Å²) in [6.45, 7) is 3.10. The molecular weight excluding hydrogens is 246 g/mol. The van der Waals surface area contributed by atoms with Crippen LogP contribution in [0.3, 0.4) is 0 Å². The smallest absolute Gasteiger partial charge is 0.120 e. The van der Waals surface area contributed by atoms with Crippen molar-refractivity contribution >= 4 is 10.8 Å². The standard InChI is InChI=1S/C18H23NO/c1-13-6-9-15(10-7-13)19-12-17-16-5-3-2-4-14(16)8-11-18(17)20/h2-5,8,11,13,15,19-20H,6-7,9-10,12H2,1H3. The summed E-state index contributed by atoms with van der Waals surface area (Å²) in [5.41, 5.74) is 1.03. The normalized spacial score (nSPS) is 23.1. The summed E-state index contributed by atoms with van der Waals surface area (Å²) < 4.78 is 0. The van der Waals surface area contributed by atoms with Gasteiger partial charge in [0.1, 0.15) is 5.75 Å². The molecule has 0 saturated heterocycles. The Morgan fingerprint density at radius 3 is 2.60 bits per heavy atom. The van der Waals surface area contributed by atoms with Crippen LogP contribution in [0.1, 0.15) is 38.2 Å². The fourth-order valence-corrected chi connectivity index (χ4v) is 3.22. The number of benzene rings is 2. The molecule has 0 radical (unpaired) electrons. The molecule has 2 aromatic carbocycles. The minimum absolute atomic E-state index is 0.403. The molecule has 0 bridgehead atoms. The SMILES string of the molecule is CC1CCC(NCc2c(O)ccc3ccccc23)CC1. The monoisotopic (exact) mass is 269 g/mol. The Kier molecular flexibility index (Phi) is 3.93. The average Bonchev–Trinajstić information content (AvgIpc) is 2.48. The Bertz CT molecular complexity index is 585. The third-order valence-electron chi connectivity index (χ3n) is 4.60. The van der Waals surface area contributed by atoms with Crippen LogP contribution in [0, 0.1) is 5.92 Å². The topological polar surface area (TPSA) is 32.3 Å². The highest BCUT2D eigenvalue weighted by Crippen LogP contribution is 2.28. The zero-order valence-electron chi connectivity index (χ0n) is 12.1. The molecule has 1 aliphatic rings. The van der Waals surface area contributed by atoms with Gasteiger partial charge in [0.25, 0.3) is 0 Å². The van der Waals surface area contributed by atoms with Crippen molar-refractivity contribution < 1.29 is 5.11 Å². The largest absolute Gasteiger partial charge is 0.508 e. The van der Waals surface area contributed by atoms with Crippen LogP contribution in [0.25, 0.3) is 10.8 Å². The number of aromatic hydroxyl groups is 1. The molecule has 1 saturated carbocycles. The van der Waals surface area contributed by atoms with Gasteiger partial charge in [-0.25, -0.2) is 0 Å². The lowest BCUT2D eigenvalue weighted by molar-refractivity contribution is 0.306. The van der Waals surface area contributed by atoms with E-state index in [-0.39, 0.29) is 0 Å². The van der Waals surface area contributed by atoms with Crippen LogP contribution in [-0.2, 0) is 6.54 Å². The van der Waals surface area contributed by atoms with E-state index in [1.807, 2.05) is 24.3 Å². The molecule has 0 aromatic heterocycles. The first-order valence-corrected chi connectivity index (χ1v) is 7.67. The maximum absolute atomic E-state index is 10.1. The second kappa shape index (κ2) is 5.84. The van der Waals surface area contributed by atoms with Crippen LogP contribution in [0.15, 0.2) is 36.4 Å². The number of nitrogens with one attached hydrogen (secondary N) is 1. The zero-order valence-corrected chi connectivity index (χ0v) is 12.1. The van der Waals surface area contributed by atoms with Gasteiger partial charge in [-0.3, -0.25) is 0 Å². The van der Waals surface area contributed by atoms with Gasteiger partial charge in [0.15, 0.2) is 0 Å². The van der Waals surface area contributed by atoms with E-state index >= 15 is 0 Å². The van der Waals surface area contributed by atoms with Crippen molar-refractivity contribution in [2.45, 2.75) is 45.2 Å². The molecule has 1 aliphatic carbocycles. The van der Waals surface area contributed by atoms with Gasteiger partial charge < -0.3 is 10.4 Å². The number of hydrogen-bond acceptors (Lipinski definition) is 2. The summed E-state index contributed by atoms with van der Waals surface area (Å²) in [7, 11) is 0. The van der Waals surface area contributed by atoms with Crippen molar-refractivity contribution in [1.82, 2.24) is 5.32 Å². The maximum Gasteiger partial charge on any atom is 0.120 e. The molecular formula is C18H23NO. The summed E-state index contributed by atoms with van der Waals surface area (Å²) in [4.78, 5) is 0. The number of rotatable bonds is 3. The lowest BCUT2D eigenvalue weighted by Crippen LogP contribution is -2.32. The Labute approximate surface area is 120 Å². The maximum atomic E-state index is 10.1. The summed E-state index contributed by atoms with van der Waals surface area (Å²) in [6, 6.07) is 12.7. The van der Waals surface area contributed by atoms with Gasteiger partial charge in [-0.1, -0.05) is 37.3 Å². The fourth-order valence-electron chi connectivity index (χ4n) is 3.22. The fraction of sp³-hybridized carbons (Fsp3) is 0.444. The first-order valence-electron chi connectivity index (χ1n) is 7.67. The number of phenols is 1. The summed E-state index contributed by atoms with van der Waals surface area (Å²) >= 11 is 0. The van der Waals surface area contributed by atoms with Crippen LogP contribution in [0.4, 0.5) is 0 Å². The highest BCUT2D eigenvalue weighted by atomic mass is 16.3. The van der Waals surface area contributed by atoms with Crippen molar-refractivity contribution in [3.8, 4) is 5.75 Å². The lowest BCUT2D eigenvalue weighted by Gasteiger charge is -2.27. The Hall–Kier alpha value is -1.54. The van der Waals surface area contributed by atoms with Gasteiger partial charge in [-0.15, -0.1) is 0 Å². The predicted octanol–water partition coefficient (Wildman–Crippen LogP) is 4.21. The van der Waals surface area contributed by atoms with E-state index in [0.29, 0.717) is 11.8 Å². The molecule has 20 heavy (non-hydrogen) atoms. The van der Waals surface area contributed by atoms with E-state index in [9.17, 15) is 5.11 Å². The molecule has 0 amide bonds. The van der Waals surface area contributed by atoms with Crippen molar-refractivity contribution in [2.75, 3.05) is 0 Å². The molecule has 2 N–H and O–H groups in total. The first-order chi connectivity index (χ1) is 9.74. The Balaban J connectivity index is 1.75. The van der Waals surface area contributed by atoms with Gasteiger partial charge in [0.2, 0.25) is 0 Å². The van der Waals surface area contributed by atoms with E-state index in [1.54, 1.807) is 0 Å². The van der Waals surface area contributed by atoms with Crippen molar-refractivity contribution in [3.63, 3.8) is 0 Å². The molecule has 3 rings (SSSR count). The minimum Gasteiger partial charge on any atom is -0.508 e. The second-order valence-electron chi connectivity index (χ2n) is 6.12.